The van der Waals surface area contributed by atoms with Gasteiger partial charge in [-0.1, -0.05) is 44.0 Å². The van der Waals surface area contributed by atoms with Crippen LogP contribution in [-0.2, 0) is 6.42 Å². The SMILES string of the molecule is CCC/C=C\c1cc(CC)c(Cl)nc1N. The predicted molar refractivity (Wildman–Crippen MR) is 67.0 cm³/mol. The van der Waals surface area contributed by atoms with Gasteiger partial charge >= 0.3 is 0 Å². The van der Waals surface area contributed by atoms with Gasteiger partial charge in [-0.3, -0.25) is 0 Å². The highest BCUT2D eigenvalue weighted by molar-refractivity contribution is 6.30. The van der Waals surface area contributed by atoms with Gasteiger partial charge in [0.15, 0.2) is 0 Å². The Morgan fingerprint density at radius 2 is 2.20 bits per heavy atom. The van der Waals surface area contributed by atoms with Crippen LogP contribution in [0.5, 0.6) is 0 Å². The van der Waals surface area contributed by atoms with Gasteiger partial charge in [0.1, 0.15) is 11.0 Å². The van der Waals surface area contributed by atoms with Gasteiger partial charge in [0.25, 0.3) is 0 Å². The van der Waals surface area contributed by atoms with Crippen LogP contribution in [0.4, 0.5) is 5.82 Å². The molecule has 0 spiro atoms. The van der Waals surface area contributed by atoms with Crippen molar-refractivity contribution in [3.05, 3.63) is 28.4 Å². The minimum absolute atomic E-state index is 0.504. The van der Waals surface area contributed by atoms with E-state index >= 15 is 0 Å². The third-order valence-electron chi connectivity index (χ3n) is 2.24. The van der Waals surface area contributed by atoms with Crippen LogP contribution < -0.4 is 5.73 Å². The topological polar surface area (TPSA) is 38.9 Å². The van der Waals surface area contributed by atoms with E-state index in [0.29, 0.717) is 11.0 Å². The fraction of sp³-hybridized carbons (Fsp3) is 0.417. The lowest BCUT2D eigenvalue weighted by Gasteiger charge is -2.05. The van der Waals surface area contributed by atoms with Crippen molar-refractivity contribution in [2.24, 2.45) is 0 Å². The molecule has 15 heavy (non-hydrogen) atoms. The molecule has 2 N–H and O–H groups in total. The maximum atomic E-state index is 5.95. The summed E-state index contributed by atoms with van der Waals surface area (Å²) < 4.78 is 0. The highest BCUT2D eigenvalue weighted by Crippen LogP contribution is 2.21. The Labute approximate surface area is 96.2 Å². The monoisotopic (exact) mass is 224 g/mol. The van der Waals surface area contributed by atoms with Gasteiger partial charge in [-0.2, -0.15) is 0 Å². The number of halogens is 1. The van der Waals surface area contributed by atoms with E-state index in [1.165, 1.54) is 0 Å². The third-order valence-corrected chi connectivity index (χ3v) is 2.57. The van der Waals surface area contributed by atoms with Gasteiger partial charge in [0.2, 0.25) is 0 Å². The summed E-state index contributed by atoms with van der Waals surface area (Å²) in [6.07, 6.45) is 7.20. The fourth-order valence-electron chi connectivity index (χ4n) is 1.32. The van der Waals surface area contributed by atoms with E-state index in [0.717, 1.165) is 30.4 Å². The lowest BCUT2D eigenvalue weighted by atomic mass is 10.1. The summed E-state index contributed by atoms with van der Waals surface area (Å²) in [5.74, 6) is 0.504. The number of allylic oxidation sites excluding steroid dienone is 1. The van der Waals surface area contributed by atoms with Crippen molar-refractivity contribution in [1.82, 2.24) is 4.98 Å². The lowest BCUT2D eigenvalue weighted by Crippen LogP contribution is -1.97. The Kier molecular flexibility index (Phi) is 4.63. The molecule has 82 valence electrons. The zero-order valence-corrected chi connectivity index (χ0v) is 10.0. The summed E-state index contributed by atoms with van der Waals surface area (Å²) in [7, 11) is 0. The quantitative estimate of drug-likeness (QED) is 0.793. The highest BCUT2D eigenvalue weighted by atomic mass is 35.5. The molecular weight excluding hydrogens is 208 g/mol. The molecule has 0 bridgehead atoms. The molecule has 2 nitrogen and oxygen atoms in total. The molecule has 1 rings (SSSR count). The van der Waals surface area contributed by atoms with Crippen molar-refractivity contribution in [3.8, 4) is 0 Å². The Bertz CT molecular complexity index is 359. The molecule has 0 fully saturated rings. The summed E-state index contributed by atoms with van der Waals surface area (Å²) >= 11 is 5.95. The number of unbranched alkanes of at least 4 members (excludes halogenated alkanes) is 1. The Morgan fingerprint density at radius 1 is 1.47 bits per heavy atom. The molecule has 0 unspecified atom stereocenters. The summed E-state index contributed by atoms with van der Waals surface area (Å²) in [5.41, 5.74) is 7.79. The maximum Gasteiger partial charge on any atom is 0.134 e. The van der Waals surface area contributed by atoms with Crippen molar-refractivity contribution in [1.29, 1.82) is 0 Å². The van der Waals surface area contributed by atoms with E-state index in [9.17, 15) is 0 Å². The largest absolute Gasteiger partial charge is 0.383 e. The van der Waals surface area contributed by atoms with Crippen LogP contribution in [0, 0.1) is 0 Å². The first-order valence-electron chi connectivity index (χ1n) is 5.30. The van der Waals surface area contributed by atoms with E-state index in [1.54, 1.807) is 0 Å². The Hall–Kier alpha value is -1.02. The molecular formula is C12H17ClN2. The third kappa shape index (κ3) is 3.24. The van der Waals surface area contributed by atoms with Crippen molar-refractivity contribution in [3.63, 3.8) is 0 Å². The molecule has 1 heterocycles. The van der Waals surface area contributed by atoms with Gasteiger partial charge in [-0.15, -0.1) is 0 Å². The van der Waals surface area contributed by atoms with Gasteiger partial charge in [-0.05, 0) is 24.5 Å². The average molecular weight is 225 g/mol. The first kappa shape index (κ1) is 12.1. The fourth-order valence-corrected chi connectivity index (χ4v) is 1.60. The number of aryl methyl sites for hydroxylation is 1. The Morgan fingerprint density at radius 3 is 2.80 bits per heavy atom. The van der Waals surface area contributed by atoms with Crippen LogP contribution in [0.25, 0.3) is 6.08 Å². The second-order valence-electron chi connectivity index (χ2n) is 3.46. The number of nitrogen functional groups attached to an aromatic ring is 1. The molecule has 0 aliphatic carbocycles. The number of hydrogen-bond acceptors (Lipinski definition) is 2. The van der Waals surface area contributed by atoms with Crippen LogP contribution in [0.1, 0.15) is 37.8 Å². The molecule has 0 atom stereocenters. The number of hydrogen-bond donors (Lipinski definition) is 1. The van der Waals surface area contributed by atoms with Crippen LogP contribution >= 0.6 is 11.6 Å². The number of rotatable bonds is 4. The standard InChI is InChI=1S/C12H17ClN2/c1-3-5-6-7-10-8-9(4-2)11(13)15-12(10)14/h6-8H,3-5H2,1-2H3,(H2,14,15)/b7-6-. The van der Waals surface area contributed by atoms with Gasteiger partial charge in [-0.25, -0.2) is 4.98 Å². The Balaban J connectivity index is 2.97. The minimum Gasteiger partial charge on any atom is -0.383 e. The van der Waals surface area contributed by atoms with Crippen molar-refractivity contribution in [2.75, 3.05) is 5.73 Å². The number of nitrogens with two attached hydrogens (primary N) is 1. The van der Waals surface area contributed by atoms with Gasteiger partial charge in [0.05, 0.1) is 0 Å². The zero-order chi connectivity index (χ0) is 11.3. The van der Waals surface area contributed by atoms with E-state index in [4.69, 9.17) is 17.3 Å². The van der Waals surface area contributed by atoms with E-state index in [-0.39, 0.29) is 0 Å². The summed E-state index contributed by atoms with van der Waals surface area (Å²) in [4.78, 5) is 4.12. The summed E-state index contributed by atoms with van der Waals surface area (Å²) in [5, 5.41) is 0.516. The molecule has 1 aromatic heterocycles. The summed E-state index contributed by atoms with van der Waals surface area (Å²) in [6.45, 7) is 4.20. The number of pyridine rings is 1. The first-order chi connectivity index (χ1) is 7.19. The second-order valence-corrected chi connectivity index (χ2v) is 3.82. The van der Waals surface area contributed by atoms with Gasteiger partial charge in [0, 0.05) is 5.56 Å². The molecule has 0 aliphatic heterocycles. The molecule has 1 aromatic rings. The van der Waals surface area contributed by atoms with Crippen molar-refractivity contribution < 1.29 is 0 Å². The molecule has 0 aromatic carbocycles. The highest BCUT2D eigenvalue weighted by Gasteiger charge is 2.04. The smallest absolute Gasteiger partial charge is 0.134 e. The molecule has 0 saturated heterocycles. The normalized spacial score (nSPS) is 11.1. The zero-order valence-electron chi connectivity index (χ0n) is 9.26. The number of nitrogens with zero attached hydrogens (tertiary/aromatic N) is 1. The van der Waals surface area contributed by atoms with Crippen LogP contribution in [0.15, 0.2) is 12.1 Å². The van der Waals surface area contributed by atoms with Crippen LogP contribution in [-0.4, -0.2) is 4.98 Å². The maximum absolute atomic E-state index is 5.95. The molecule has 0 radical (unpaired) electrons. The predicted octanol–water partition coefficient (Wildman–Crippen LogP) is 3.69. The van der Waals surface area contributed by atoms with Crippen molar-refractivity contribution >= 4 is 23.5 Å². The average Bonchev–Trinajstić information content (AvgIpc) is 2.21. The molecule has 3 heteroatoms. The lowest BCUT2D eigenvalue weighted by molar-refractivity contribution is 0.962. The molecule has 0 aliphatic rings. The van der Waals surface area contributed by atoms with Crippen molar-refractivity contribution in [2.45, 2.75) is 33.1 Å². The summed E-state index contributed by atoms with van der Waals surface area (Å²) in [6, 6.07) is 2.01. The molecule has 0 amide bonds. The number of aromatic nitrogens is 1. The van der Waals surface area contributed by atoms with E-state index in [2.05, 4.69) is 24.9 Å². The van der Waals surface area contributed by atoms with Crippen LogP contribution in [0.2, 0.25) is 5.15 Å². The minimum atomic E-state index is 0.504. The van der Waals surface area contributed by atoms with Crippen LogP contribution in [0.3, 0.4) is 0 Å². The first-order valence-corrected chi connectivity index (χ1v) is 5.68. The number of anilines is 1. The van der Waals surface area contributed by atoms with E-state index in [1.807, 2.05) is 12.1 Å². The van der Waals surface area contributed by atoms with Gasteiger partial charge < -0.3 is 5.73 Å². The van der Waals surface area contributed by atoms with E-state index < -0.39 is 0 Å². The molecule has 0 saturated carbocycles. The second kappa shape index (κ2) is 5.76.